The van der Waals surface area contributed by atoms with Crippen molar-refractivity contribution in [3.63, 3.8) is 0 Å². The fraction of sp³-hybridized carbons (Fsp3) is 0.452. The second kappa shape index (κ2) is 12.5. The summed E-state index contributed by atoms with van der Waals surface area (Å²) in [5, 5.41) is 17.1. The molecule has 0 atom stereocenters. The number of hydrogen-bond donors (Lipinski definition) is 2. The number of piperazine rings is 1. The predicted octanol–water partition coefficient (Wildman–Crippen LogP) is 4.74. The topological polar surface area (TPSA) is 134 Å². The third kappa shape index (κ3) is 6.31. The Bertz CT molecular complexity index is 1640. The number of likely N-dealkylation sites (N-methyl/N-ethyl adjacent to an activating group) is 1. The summed E-state index contributed by atoms with van der Waals surface area (Å²) in [6, 6.07) is 10.2. The van der Waals surface area contributed by atoms with Crippen LogP contribution in [0.1, 0.15) is 59.8 Å². The van der Waals surface area contributed by atoms with Gasteiger partial charge in [0.1, 0.15) is 10.6 Å². The van der Waals surface area contributed by atoms with E-state index in [1.165, 1.54) is 21.1 Å². The van der Waals surface area contributed by atoms with Crippen molar-refractivity contribution in [1.82, 2.24) is 19.0 Å². The fourth-order valence-electron chi connectivity index (χ4n) is 5.84. The minimum Gasteiger partial charge on any atom is -0.476 e. The van der Waals surface area contributed by atoms with E-state index in [2.05, 4.69) is 15.3 Å². The molecule has 11 nitrogen and oxygen atoms in total. The van der Waals surface area contributed by atoms with E-state index in [-0.39, 0.29) is 39.6 Å². The highest BCUT2D eigenvalue weighted by atomic mass is 32.2. The molecule has 1 saturated heterocycles. The molecule has 12 heteroatoms. The fourth-order valence-corrected chi connectivity index (χ4v) is 7.41. The third-order valence-corrected chi connectivity index (χ3v) is 10.3. The smallest absolute Gasteiger partial charge is 0.356 e. The van der Waals surface area contributed by atoms with Crippen molar-refractivity contribution in [1.29, 1.82) is 0 Å². The lowest BCUT2D eigenvalue weighted by Gasteiger charge is -2.33. The summed E-state index contributed by atoms with van der Waals surface area (Å²) in [6.07, 6.45) is 3.63. The molecule has 3 aromatic rings. The maximum atomic E-state index is 14.1. The number of aromatic nitrogens is 2. The van der Waals surface area contributed by atoms with Gasteiger partial charge in [-0.25, -0.2) is 13.2 Å². The molecular formula is C31H39N5O6S. The summed E-state index contributed by atoms with van der Waals surface area (Å²) in [7, 11) is -4.05. The molecule has 0 unspecified atom stereocenters. The Morgan fingerprint density at radius 3 is 2.35 bits per heavy atom. The van der Waals surface area contributed by atoms with Crippen LogP contribution in [0.2, 0.25) is 0 Å². The summed E-state index contributed by atoms with van der Waals surface area (Å²) in [6.45, 7) is 10.1. The molecule has 1 amide bonds. The van der Waals surface area contributed by atoms with E-state index in [4.69, 9.17) is 4.74 Å². The number of aryl methyl sites for hydroxylation is 2. The van der Waals surface area contributed by atoms with Crippen LogP contribution in [-0.2, 0) is 14.8 Å². The van der Waals surface area contributed by atoms with E-state index in [0.29, 0.717) is 37.6 Å². The standard InChI is InChI=1S/C31H39N5O6S/c1-5-34-14-16-35(17-15-34)43(40,41)27-19-24(32-29(37)23-8-6-7-9-23)11-13-26(27)42-30-22(4)28(31(38)39)33-36(30)25-12-10-20(2)18-21(25)3/h10-13,18-19,23H,5-9,14-17H2,1-4H3,(H,32,37)(H,38,39). The molecule has 5 rings (SSSR count). The minimum absolute atomic E-state index is 0.0164. The quantitative estimate of drug-likeness (QED) is 0.355. The number of amides is 1. The first-order valence-corrected chi connectivity index (χ1v) is 16.2. The van der Waals surface area contributed by atoms with Gasteiger partial charge in [-0.05, 0) is 70.0 Å². The van der Waals surface area contributed by atoms with Crippen molar-refractivity contribution >= 4 is 27.6 Å². The van der Waals surface area contributed by atoms with Gasteiger partial charge in [0, 0.05) is 43.3 Å². The van der Waals surface area contributed by atoms with Gasteiger partial charge in [-0.3, -0.25) is 4.79 Å². The molecule has 2 fully saturated rings. The summed E-state index contributed by atoms with van der Waals surface area (Å²) in [4.78, 5) is 27.1. The summed E-state index contributed by atoms with van der Waals surface area (Å²) in [5.41, 5.74) is 2.90. The van der Waals surface area contributed by atoms with Crippen LogP contribution in [0.4, 0.5) is 5.69 Å². The maximum absolute atomic E-state index is 14.1. The predicted molar refractivity (Wildman–Crippen MR) is 163 cm³/mol. The van der Waals surface area contributed by atoms with Crippen molar-refractivity contribution in [2.75, 3.05) is 38.0 Å². The van der Waals surface area contributed by atoms with Crippen LogP contribution < -0.4 is 10.1 Å². The second-order valence-corrected chi connectivity index (χ2v) is 13.3. The van der Waals surface area contributed by atoms with Crippen LogP contribution in [0.3, 0.4) is 0 Å². The molecule has 0 radical (unpaired) electrons. The molecule has 1 aromatic heterocycles. The average molecular weight is 610 g/mol. The minimum atomic E-state index is -4.05. The number of carbonyl (C=O) groups is 2. The number of carbonyl (C=O) groups excluding carboxylic acids is 1. The Labute approximate surface area is 252 Å². The number of aromatic carboxylic acids is 1. The van der Waals surface area contributed by atoms with Crippen LogP contribution >= 0.6 is 0 Å². The number of anilines is 1. The largest absolute Gasteiger partial charge is 0.476 e. The highest BCUT2D eigenvalue weighted by Gasteiger charge is 2.33. The molecule has 1 aliphatic heterocycles. The number of sulfonamides is 1. The van der Waals surface area contributed by atoms with E-state index in [9.17, 15) is 23.1 Å². The Morgan fingerprint density at radius 1 is 1.02 bits per heavy atom. The maximum Gasteiger partial charge on any atom is 0.356 e. The molecule has 1 aliphatic carbocycles. The SMILES string of the molecule is CCN1CCN(S(=O)(=O)c2cc(NC(=O)C3CCCC3)ccc2Oc2c(C)c(C(=O)O)nn2-c2ccc(C)cc2C)CC1. The number of hydrogen-bond acceptors (Lipinski definition) is 7. The van der Waals surface area contributed by atoms with E-state index < -0.39 is 16.0 Å². The molecule has 0 bridgehead atoms. The van der Waals surface area contributed by atoms with Gasteiger partial charge < -0.3 is 20.1 Å². The zero-order valence-corrected chi connectivity index (χ0v) is 25.9. The zero-order chi connectivity index (χ0) is 30.9. The molecule has 2 aromatic carbocycles. The summed E-state index contributed by atoms with van der Waals surface area (Å²) < 4.78 is 37.4. The first kappa shape index (κ1) is 30.7. The van der Waals surface area contributed by atoms with Gasteiger partial charge in [0.25, 0.3) is 0 Å². The van der Waals surface area contributed by atoms with Gasteiger partial charge >= 0.3 is 5.97 Å². The zero-order valence-electron chi connectivity index (χ0n) is 25.1. The lowest BCUT2D eigenvalue weighted by atomic mass is 10.1. The van der Waals surface area contributed by atoms with E-state index in [1.807, 2.05) is 39.0 Å². The van der Waals surface area contributed by atoms with Crippen molar-refractivity contribution in [2.45, 2.75) is 58.3 Å². The van der Waals surface area contributed by atoms with E-state index in [0.717, 1.165) is 43.4 Å². The van der Waals surface area contributed by atoms with Crippen LogP contribution in [-0.4, -0.2) is 77.1 Å². The first-order valence-electron chi connectivity index (χ1n) is 14.8. The molecule has 2 aliphatic rings. The van der Waals surface area contributed by atoms with Crippen LogP contribution in [0.5, 0.6) is 11.6 Å². The van der Waals surface area contributed by atoms with Gasteiger partial charge in [-0.2, -0.15) is 14.1 Å². The molecule has 2 N–H and O–H groups in total. The lowest BCUT2D eigenvalue weighted by Crippen LogP contribution is -2.48. The molecular weight excluding hydrogens is 570 g/mol. The van der Waals surface area contributed by atoms with Gasteiger partial charge in [0.05, 0.1) is 5.69 Å². The van der Waals surface area contributed by atoms with Crippen molar-refractivity contribution < 1.29 is 27.9 Å². The summed E-state index contributed by atoms with van der Waals surface area (Å²) >= 11 is 0. The second-order valence-electron chi connectivity index (χ2n) is 11.4. The van der Waals surface area contributed by atoms with Gasteiger partial charge in [-0.1, -0.05) is 37.5 Å². The van der Waals surface area contributed by atoms with Crippen LogP contribution in [0.25, 0.3) is 5.69 Å². The monoisotopic (exact) mass is 609 g/mol. The molecule has 0 spiro atoms. The van der Waals surface area contributed by atoms with Crippen molar-refractivity contribution in [3.8, 4) is 17.3 Å². The molecule has 43 heavy (non-hydrogen) atoms. The number of carboxylic acid groups (broad SMARTS) is 1. The number of benzene rings is 2. The van der Waals surface area contributed by atoms with Gasteiger partial charge in [-0.15, -0.1) is 0 Å². The third-order valence-electron chi connectivity index (χ3n) is 8.39. The number of rotatable bonds is 9. The van der Waals surface area contributed by atoms with Crippen LogP contribution in [0, 0.1) is 26.7 Å². The highest BCUT2D eigenvalue weighted by molar-refractivity contribution is 7.89. The molecule has 230 valence electrons. The average Bonchev–Trinajstić information content (AvgIpc) is 3.63. The van der Waals surface area contributed by atoms with E-state index in [1.54, 1.807) is 13.0 Å². The highest BCUT2D eigenvalue weighted by Crippen LogP contribution is 2.37. The summed E-state index contributed by atoms with van der Waals surface area (Å²) in [5.74, 6) is -1.33. The van der Waals surface area contributed by atoms with Gasteiger partial charge in [0.15, 0.2) is 5.69 Å². The Kier molecular flexibility index (Phi) is 8.91. The Morgan fingerprint density at radius 2 is 1.72 bits per heavy atom. The number of carboxylic acids is 1. The lowest BCUT2D eigenvalue weighted by molar-refractivity contribution is -0.119. The molecule has 2 heterocycles. The normalized spacial score (nSPS) is 16.8. The number of nitrogens with zero attached hydrogens (tertiary/aromatic N) is 4. The Hall–Kier alpha value is -3.74. The van der Waals surface area contributed by atoms with Crippen molar-refractivity contribution in [3.05, 3.63) is 58.8 Å². The number of nitrogens with one attached hydrogen (secondary N) is 1. The number of ether oxygens (including phenoxy) is 1. The first-order chi connectivity index (χ1) is 20.5. The van der Waals surface area contributed by atoms with Crippen LogP contribution in [0.15, 0.2) is 41.3 Å². The Balaban J connectivity index is 1.58. The van der Waals surface area contributed by atoms with Crippen molar-refractivity contribution in [2.24, 2.45) is 5.92 Å². The molecule has 1 saturated carbocycles. The van der Waals surface area contributed by atoms with E-state index >= 15 is 0 Å². The van der Waals surface area contributed by atoms with Gasteiger partial charge in [0.2, 0.25) is 21.8 Å².